The zero-order valence-electron chi connectivity index (χ0n) is 13.9. The molecule has 0 bridgehead atoms. The van der Waals surface area contributed by atoms with Crippen molar-refractivity contribution in [1.82, 2.24) is 9.97 Å². The van der Waals surface area contributed by atoms with E-state index in [0.29, 0.717) is 0 Å². The quantitative estimate of drug-likeness (QED) is 0.705. The summed E-state index contributed by atoms with van der Waals surface area (Å²) in [5.41, 5.74) is 5.84. The van der Waals surface area contributed by atoms with Gasteiger partial charge in [0, 0.05) is 18.2 Å². The van der Waals surface area contributed by atoms with E-state index in [4.69, 9.17) is 15.2 Å². The Morgan fingerprint density at radius 1 is 1.07 bits per heavy atom. The first-order valence-corrected chi connectivity index (χ1v) is 7.73. The minimum absolute atomic E-state index is 0.00684. The molecule has 3 N–H and O–H groups in total. The van der Waals surface area contributed by atoms with E-state index in [-0.39, 0.29) is 24.0 Å². The molecule has 0 saturated heterocycles. The molecule has 3 aromatic rings. The SMILES string of the molecule is Nc1cc(Oc2cc(F)c(NC(=O)OCc3ccccc3)cc2F)ncn1. The lowest BCUT2D eigenvalue weighted by molar-refractivity contribution is 0.155. The molecule has 1 heterocycles. The number of aromatic nitrogens is 2. The Morgan fingerprint density at radius 2 is 1.85 bits per heavy atom. The van der Waals surface area contributed by atoms with E-state index < -0.39 is 23.5 Å². The molecule has 27 heavy (non-hydrogen) atoms. The Hall–Kier alpha value is -3.75. The summed E-state index contributed by atoms with van der Waals surface area (Å²) in [6.07, 6.45) is 0.201. The monoisotopic (exact) mass is 372 g/mol. The molecule has 138 valence electrons. The van der Waals surface area contributed by atoms with E-state index in [0.717, 1.165) is 24.0 Å². The lowest BCUT2D eigenvalue weighted by Gasteiger charge is -2.11. The van der Waals surface area contributed by atoms with Crippen LogP contribution in [0.2, 0.25) is 0 Å². The van der Waals surface area contributed by atoms with Gasteiger partial charge in [-0.2, -0.15) is 0 Å². The van der Waals surface area contributed by atoms with Gasteiger partial charge in [0.05, 0.1) is 5.69 Å². The molecule has 0 spiro atoms. The molecule has 0 aliphatic heterocycles. The molecule has 1 aromatic heterocycles. The summed E-state index contributed by atoms with van der Waals surface area (Å²) in [4.78, 5) is 19.2. The van der Waals surface area contributed by atoms with Gasteiger partial charge in [0.1, 0.15) is 18.8 Å². The number of benzene rings is 2. The normalized spacial score (nSPS) is 10.3. The Balaban J connectivity index is 1.66. The van der Waals surface area contributed by atoms with Gasteiger partial charge in [0.2, 0.25) is 5.88 Å². The molecule has 9 heteroatoms. The molecule has 3 rings (SSSR count). The Morgan fingerprint density at radius 3 is 2.59 bits per heavy atom. The second kappa shape index (κ2) is 8.09. The first-order valence-electron chi connectivity index (χ1n) is 7.73. The first kappa shape index (κ1) is 18.1. The molecular weight excluding hydrogens is 358 g/mol. The minimum Gasteiger partial charge on any atom is -0.444 e. The van der Waals surface area contributed by atoms with E-state index >= 15 is 0 Å². The summed E-state index contributed by atoms with van der Waals surface area (Å²) in [5, 5.41) is 2.14. The molecule has 0 aliphatic rings. The van der Waals surface area contributed by atoms with Crippen molar-refractivity contribution in [2.24, 2.45) is 0 Å². The number of nitrogens with two attached hydrogens (primary N) is 1. The van der Waals surface area contributed by atoms with Crippen LogP contribution < -0.4 is 15.8 Å². The van der Waals surface area contributed by atoms with Crippen LogP contribution in [-0.4, -0.2) is 16.1 Å². The van der Waals surface area contributed by atoms with Crippen LogP contribution in [0.15, 0.2) is 54.9 Å². The fourth-order valence-electron chi connectivity index (χ4n) is 2.09. The third kappa shape index (κ3) is 4.88. The summed E-state index contributed by atoms with van der Waals surface area (Å²) in [6.45, 7) is -0.00684. The largest absolute Gasteiger partial charge is 0.444 e. The molecule has 0 aliphatic carbocycles. The lowest BCUT2D eigenvalue weighted by Crippen LogP contribution is -2.14. The summed E-state index contributed by atoms with van der Waals surface area (Å²) < 4.78 is 38.4. The van der Waals surface area contributed by atoms with E-state index in [1.165, 1.54) is 6.07 Å². The summed E-state index contributed by atoms with van der Waals surface area (Å²) in [6, 6.07) is 11.7. The molecule has 0 saturated carbocycles. The van der Waals surface area contributed by atoms with Crippen LogP contribution in [0.3, 0.4) is 0 Å². The number of nitrogen functional groups attached to an aromatic ring is 1. The van der Waals surface area contributed by atoms with Crippen LogP contribution in [0.1, 0.15) is 5.56 Å². The number of hydrogen-bond acceptors (Lipinski definition) is 6. The average molecular weight is 372 g/mol. The number of rotatable bonds is 5. The highest BCUT2D eigenvalue weighted by Crippen LogP contribution is 2.28. The molecule has 7 nitrogen and oxygen atoms in total. The smallest absolute Gasteiger partial charge is 0.412 e. The number of halogens is 2. The van der Waals surface area contributed by atoms with Crippen LogP contribution in [0.25, 0.3) is 0 Å². The summed E-state index contributed by atoms with van der Waals surface area (Å²) in [7, 11) is 0. The number of nitrogens with one attached hydrogen (secondary N) is 1. The zero-order valence-corrected chi connectivity index (χ0v) is 13.9. The fraction of sp³-hybridized carbons (Fsp3) is 0.0556. The van der Waals surface area contributed by atoms with Crippen LogP contribution in [-0.2, 0) is 11.3 Å². The van der Waals surface area contributed by atoms with E-state index in [2.05, 4.69) is 15.3 Å². The second-order valence-electron chi connectivity index (χ2n) is 5.33. The van der Waals surface area contributed by atoms with Crippen molar-refractivity contribution < 1.29 is 23.0 Å². The van der Waals surface area contributed by atoms with Crippen molar-refractivity contribution in [3.05, 3.63) is 72.1 Å². The number of carbonyl (C=O) groups excluding carboxylic acids is 1. The second-order valence-corrected chi connectivity index (χ2v) is 5.33. The number of hydrogen-bond donors (Lipinski definition) is 2. The molecule has 2 aromatic carbocycles. The van der Waals surface area contributed by atoms with Gasteiger partial charge >= 0.3 is 6.09 Å². The third-order valence-corrected chi connectivity index (χ3v) is 3.35. The highest BCUT2D eigenvalue weighted by Gasteiger charge is 2.15. The van der Waals surface area contributed by atoms with E-state index in [9.17, 15) is 13.6 Å². The molecular formula is C18H14F2N4O3. The van der Waals surface area contributed by atoms with Crippen molar-refractivity contribution in [1.29, 1.82) is 0 Å². The predicted molar refractivity (Wildman–Crippen MR) is 93.1 cm³/mol. The van der Waals surface area contributed by atoms with Crippen LogP contribution in [0.5, 0.6) is 11.6 Å². The van der Waals surface area contributed by atoms with Crippen LogP contribution in [0, 0.1) is 11.6 Å². The van der Waals surface area contributed by atoms with Gasteiger partial charge < -0.3 is 15.2 Å². The average Bonchev–Trinajstić information content (AvgIpc) is 2.65. The first-order chi connectivity index (χ1) is 13.0. The van der Waals surface area contributed by atoms with Gasteiger partial charge in [-0.3, -0.25) is 5.32 Å². The molecule has 0 atom stereocenters. The van der Waals surface area contributed by atoms with Gasteiger partial charge in [0.15, 0.2) is 17.4 Å². The molecule has 0 radical (unpaired) electrons. The highest BCUT2D eigenvalue weighted by molar-refractivity contribution is 5.84. The van der Waals surface area contributed by atoms with Gasteiger partial charge in [0.25, 0.3) is 0 Å². The third-order valence-electron chi connectivity index (χ3n) is 3.35. The van der Waals surface area contributed by atoms with Crippen molar-refractivity contribution >= 4 is 17.6 Å². The van der Waals surface area contributed by atoms with E-state index in [1.54, 1.807) is 24.3 Å². The number of nitrogens with zero attached hydrogens (tertiary/aromatic N) is 2. The maximum atomic E-state index is 14.2. The predicted octanol–water partition coefficient (Wildman–Crippen LogP) is 3.88. The number of amides is 1. The van der Waals surface area contributed by atoms with Crippen LogP contribution in [0.4, 0.5) is 25.1 Å². The Bertz CT molecular complexity index is 955. The summed E-state index contributed by atoms with van der Waals surface area (Å²) >= 11 is 0. The zero-order chi connectivity index (χ0) is 19.2. The standard InChI is InChI=1S/C18H14F2N4O3/c19-12-7-15(27-17-8-16(21)22-10-23-17)13(20)6-14(12)24-18(25)26-9-11-4-2-1-3-5-11/h1-8,10H,9H2,(H,24,25)(H2,21,22,23). The molecule has 0 unspecified atom stereocenters. The lowest BCUT2D eigenvalue weighted by atomic mass is 10.2. The van der Waals surface area contributed by atoms with Crippen LogP contribution >= 0.6 is 0 Å². The van der Waals surface area contributed by atoms with Crippen molar-refractivity contribution in [2.75, 3.05) is 11.1 Å². The Kier molecular flexibility index (Phi) is 5.41. The minimum atomic E-state index is -0.922. The highest BCUT2D eigenvalue weighted by atomic mass is 19.1. The van der Waals surface area contributed by atoms with Gasteiger partial charge in [-0.05, 0) is 5.56 Å². The number of anilines is 2. The van der Waals surface area contributed by atoms with Crippen molar-refractivity contribution in [3.8, 4) is 11.6 Å². The van der Waals surface area contributed by atoms with Gasteiger partial charge in [-0.25, -0.2) is 23.5 Å². The number of ether oxygens (including phenoxy) is 2. The van der Waals surface area contributed by atoms with Gasteiger partial charge in [-0.15, -0.1) is 0 Å². The van der Waals surface area contributed by atoms with Gasteiger partial charge in [-0.1, -0.05) is 30.3 Å². The van der Waals surface area contributed by atoms with Crippen molar-refractivity contribution in [2.45, 2.75) is 6.61 Å². The maximum Gasteiger partial charge on any atom is 0.412 e. The maximum absolute atomic E-state index is 14.2. The topological polar surface area (TPSA) is 99.4 Å². The summed E-state index contributed by atoms with van der Waals surface area (Å²) in [5.74, 6) is -2.19. The Labute approximate surface area is 152 Å². The molecule has 0 fully saturated rings. The number of carbonyl (C=O) groups is 1. The van der Waals surface area contributed by atoms with Crippen molar-refractivity contribution in [3.63, 3.8) is 0 Å². The van der Waals surface area contributed by atoms with E-state index in [1.807, 2.05) is 6.07 Å². The molecule has 1 amide bonds. The fourth-order valence-corrected chi connectivity index (χ4v) is 2.09.